The zero-order valence-corrected chi connectivity index (χ0v) is 14.8. The minimum atomic E-state index is -0.331. The smallest absolute Gasteiger partial charge is 0.317 e. The van der Waals surface area contributed by atoms with Crippen molar-refractivity contribution in [1.29, 1.82) is 0 Å². The molecule has 2 aliphatic heterocycles. The molecule has 2 aliphatic rings. The fourth-order valence-corrected chi connectivity index (χ4v) is 3.41. The van der Waals surface area contributed by atoms with Crippen molar-refractivity contribution in [2.24, 2.45) is 17.6 Å². The van der Waals surface area contributed by atoms with E-state index in [1.807, 2.05) is 18.3 Å². The number of carbonyl (C=O) groups excluding carboxylic acids is 2. The Kier molecular flexibility index (Phi) is 5.40. The zero-order chi connectivity index (χ0) is 17.8. The van der Waals surface area contributed by atoms with Gasteiger partial charge in [0, 0.05) is 38.9 Å². The Morgan fingerprint density at radius 1 is 1.24 bits per heavy atom. The van der Waals surface area contributed by atoms with E-state index in [-0.39, 0.29) is 17.9 Å². The van der Waals surface area contributed by atoms with Gasteiger partial charge in [-0.15, -0.1) is 0 Å². The number of pyridine rings is 1. The zero-order valence-electron chi connectivity index (χ0n) is 14.8. The summed E-state index contributed by atoms with van der Waals surface area (Å²) in [7, 11) is 0. The Hall–Kier alpha value is -2.31. The number of amides is 3. The van der Waals surface area contributed by atoms with Crippen LogP contribution in [-0.4, -0.2) is 48.0 Å². The van der Waals surface area contributed by atoms with Crippen molar-refractivity contribution in [3.63, 3.8) is 0 Å². The highest BCUT2D eigenvalue weighted by atomic mass is 16.2. The van der Waals surface area contributed by atoms with Gasteiger partial charge in [0.25, 0.3) is 0 Å². The SMILES string of the molecule is CC1CCN(c2ccc(CNC(=O)N3CC[C@H](C(N)=O)C3)cn2)CC1. The van der Waals surface area contributed by atoms with Gasteiger partial charge >= 0.3 is 6.03 Å². The minimum Gasteiger partial charge on any atom is -0.369 e. The van der Waals surface area contributed by atoms with Crippen molar-refractivity contribution in [3.05, 3.63) is 23.9 Å². The van der Waals surface area contributed by atoms with E-state index in [2.05, 4.69) is 22.1 Å². The van der Waals surface area contributed by atoms with Crippen LogP contribution in [0.2, 0.25) is 0 Å². The van der Waals surface area contributed by atoms with Crippen molar-refractivity contribution >= 4 is 17.8 Å². The van der Waals surface area contributed by atoms with Gasteiger partial charge in [-0.3, -0.25) is 4.79 Å². The molecular formula is C18H27N5O2. The highest BCUT2D eigenvalue weighted by Gasteiger charge is 2.29. The molecule has 0 unspecified atom stereocenters. The van der Waals surface area contributed by atoms with Gasteiger partial charge in [-0.05, 0) is 36.8 Å². The van der Waals surface area contributed by atoms with Crippen LogP contribution in [-0.2, 0) is 11.3 Å². The minimum absolute atomic E-state index is 0.155. The van der Waals surface area contributed by atoms with Crippen molar-refractivity contribution in [3.8, 4) is 0 Å². The predicted molar refractivity (Wildman–Crippen MR) is 96.0 cm³/mol. The summed E-state index contributed by atoms with van der Waals surface area (Å²) < 4.78 is 0. The number of hydrogen-bond acceptors (Lipinski definition) is 4. The number of likely N-dealkylation sites (tertiary alicyclic amines) is 1. The molecule has 0 saturated carbocycles. The third-order valence-corrected chi connectivity index (χ3v) is 5.24. The van der Waals surface area contributed by atoms with Crippen LogP contribution in [0.1, 0.15) is 31.7 Å². The van der Waals surface area contributed by atoms with Gasteiger partial charge in [-0.1, -0.05) is 13.0 Å². The van der Waals surface area contributed by atoms with E-state index in [0.717, 1.165) is 30.4 Å². The number of nitrogens with two attached hydrogens (primary N) is 1. The quantitative estimate of drug-likeness (QED) is 0.861. The molecule has 1 aromatic heterocycles. The van der Waals surface area contributed by atoms with Crippen LogP contribution in [0.4, 0.5) is 10.6 Å². The molecule has 3 N–H and O–H groups in total. The second-order valence-electron chi connectivity index (χ2n) is 7.19. The Bertz CT molecular complexity index is 610. The molecule has 0 aliphatic carbocycles. The van der Waals surface area contributed by atoms with E-state index in [1.165, 1.54) is 12.8 Å². The molecule has 7 heteroatoms. The van der Waals surface area contributed by atoms with Crippen molar-refractivity contribution < 1.29 is 9.59 Å². The predicted octanol–water partition coefficient (Wildman–Crippen LogP) is 1.33. The molecule has 0 radical (unpaired) electrons. The maximum Gasteiger partial charge on any atom is 0.317 e. The fraction of sp³-hybridized carbons (Fsp3) is 0.611. The topological polar surface area (TPSA) is 91.6 Å². The molecular weight excluding hydrogens is 318 g/mol. The molecule has 136 valence electrons. The van der Waals surface area contributed by atoms with Crippen LogP contribution >= 0.6 is 0 Å². The number of urea groups is 1. The number of nitrogens with zero attached hydrogens (tertiary/aromatic N) is 3. The van der Waals surface area contributed by atoms with Crippen molar-refractivity contribution in [1.82, 2.24) is 15.2 Å². The summed E-state index contributed by atoms with van der Waals surface area (Å²) in [6.45, 7) is 5.82. The number of aromatic nitrogens is 1. The van der Waals surface area contributed by atoms with E-state index in [1.54, 1.807) is 4.90 Å². The molecule has 1 atom stereocenters. The average molecular weight is 345 g/mol. The summed E-state index contributed by atoms with van der Waals surface area (Å²) >= 11 is 0. The Balaban J connectivity index is 1.47. The summed E-state index contributed by atoms with van der Waals surface area (Å²) in [5, 5.41) is 2.89. The molecule has 3 heterocycles. The van der Waals surface area contributed by atoms with Gasteiger partial charge in [0.15, 0.2) is 0 Å². The third-order valence-electron chi connectivity index (χ3n) is 5.24. The van der Waals surface area contributed by atoms with E-state index in [0.29, 0.717) is 26.1 Å². The van der Waals surface area contributed by atoms with Crippen LogP contribution in [0.3, 0.4) is 0 Å². The molecule has 2 saturated heterocycles. The van der Waals surface area contributed by atoms with Gasteiger partial charge in [0.05, 0.1) is 5.92 Å². The molecule has 0 bridgehead atoms. The lowest BCUT2D eigenvalue weighted by atomic mass is 9.99. The monoisotopic (exact) mass is 345 g/mol. The number of rotatable bonds is 4. The number of nitrogens with one attached hydrogen (secondary N) is 1. The van der Waals surface area contributed by atoms with Gasteiger partial charge in [-0.25, -0.2) is 9.78 Å². The van der Waals surface area contributed by atoms with Gasteiger partial charge in [0.1, 0.15) is 5.82 Å². The summed E-state index contributed by atoms with van der Waals surface area (Å²) in [5.74, 6) is 1.25. The maximum atomic E-state index is 12.2. The highest BCUT2D eigenvalue weighted by Crippen LogP contribution is 2.21. The third kappa shape index (κ3) is 4.41. The summed E-state index contributed by atoms with van der Waals surface area (Å²) in [5.41, 5.74) is 6.26. The van der Waals surface area contributed by atoms with Crippen LogP contribution in [0.15, 0.2) is 18.3 Å². The lowest BCUT2D eigenvalue weighted by Crippen LogP contribution is -2.39. The fourth-order valence-electron chi connectivity index (χ4n) is 3.41. The second-order valence-corrected chi connectivity index (χ2v) is 7.19. The first-order chi connectivity index (χ1) is 12.0. The Labute approximate surface area is 148 Å². The molecule has 3 rings (SSSR count). The van der Waals surface area contributed by atoms with Crippen LogP contribution in [0.5, 0.6) is 0 Å². The van der Waals surface area contributed by atoms with Gasteiger partial charge < -0.3 is 20.9 Å². The van der Waals surface area contributed by atoms with Crippen molar-refractivity contribution in [2.45, 2.75) is 32.7 Å². The highest BCUT2D eigenvalue weighted by molar-refractivity contribution is 5.80. The van der Waals surface area contributed by atoms with Crippen molar-refractivity contribution in [2.75, 3.05) is 31.1 Å². The first-order valence-electron chi connectivity index (χ1n) is 9.05. The number of piperidine rings is 1. The van der Waals surface area contributed by atoms with E-state index in [9.17, 15) is 9.59 Å². The van der Waals surface area contributed by atoms with Crippen LogP contribution < -0.4 is 16.0 Å². The summed E-state index contributed by atoms with van der Waals surface area (Å²) in [6.07, 6.45) is 4.89. The standard InChI is InChI=1S/C18H27N5O2/c1-13-4-7-22(8-5-13)16-3-2-14(10-20-16)11-21-18(25)23-9-6-15(12-23)17(19)24/h2-3,10,13,15H,4-9,11-12H2,1H3,(H2,19,24)(H,21,25)/t15-/m0/s1. The van der Waals surface area contributed by atoms with Crippen LogP contribution in [0, 0.1) is 11.8 Å². The van der Waals surface area contributed by atoms with Gasteiger partial charge in [-0.2, -0.15) is 0 Å². The second kappa shape index (κ2) is 7.72. The number of anilines is 1. The molecule has 0 spiro atoms. The van der Waals surface area contributed by atoms with E-state index >= 15 is 0 Å². The Morgan fingerprint density at radius 2 is 2.00 bits per heavy atom. The molecule has 3 amide bonds. The molecule has 2 fully saturated rings. The summed E-state index contributed by atoms with van der Waals surface area (Å²) in [4.78, 5) is 31.8. The molecule has 25 heavy (non-hydrogen) atoms. The number of hydrogen-bond donors (Lipinski definition) is 2. The largest absolute Gasteiger partial charge is 0.369 e. The number of carbonyl (C=O) groups is 2. The molecule has 0 aromatic carbocycles. The van der Waals surface area contributed by atoms with E-state index in [4.69, 9.17) is 5.73 Å². The molecule has 7 nitrogen and oxygen atoms in total. The van der Waals surface area contributed by atoms with E-state index < -0.39 is 0 Å². The normalized spacial score (nSPS) is 21.4. The summed E-state index contributed by atoms with van der Waals surface area (Å²) in [6, 6.07) is 3.88. The number of primary amides is 1. The van der Waals surface area contributed by atoms with Gasteiger partial charge in [0.2, 0.25) is 5.91 Å². The first-order valence-corrected chi connectivity index (χ1v) is 9.05. The molecule has 1 aromatic rings. The average Bonchev–Trinajstić information content (AvgIpc) is 3.11. The lowest BCUT2D eigenvalue weighted by molar-refractivity contribution is -0.121. The Morgan fingerprint density at radius 3 is 2.60 bits per heavy atom. The van der Waals surface area contributed by atoms with Crippen LogP contribution in [0.25, 0.3) is 0 Å². The first kappa shape index (κ1) is 17.5. The lowest BCUT2D eigenvalue weighted by Gasteiger charge is -2.31. The maximum absolute atomic E-state index is 12.2.